The predicted molar refractivity (Wildman–Crippen MR) is 165 cm³/mol. The number of aliphatic hydroxyl groups is 1. The summed E-state index contributed by atoms with van der Waals surface area (Å²) < 4.78 is 47.0. The molecule has 0 spiro atoms. The third-order valence-corrected chi connectivity index (χ3v) is 7.80. The van der Waals surface area contributed by atoms with E-state index in [4.69, 9.17) is 10.2 Å². The van der Waals surface area contributed by atoms with Gasteiger partial charge in [0.05, 0.1) is 6.54 Å². The van der Waals surface area contributed by atoms with Crippen molar-refractivity contribution in [1.29, 1.82) is 0 Å². The molecule has 45 heavy (non-hydrogen) atoms. The summed E-state index contributed by atoms with van der Waals surface area (Å²) in [7, 11) is 0. The molecule has 5 aromatic rings. The molecule has 0 radical (unpaired) electrons. The Labute approximate surface area is 257 Å². The van der Waals surface area contributed by atoms with Crippen molar-refractivity contribution in [1.82, 2.24) is 20.2 Å². The maximum Gasteiger partial charge on any atom is 0.250 e. The normalized spacial score (nSPS) is 15.8. The first-order valence-corrected chi connectivity index (χ1v) is 14.4. The molecule has 2 aromatic carbocycles. The zero-order valence-electron chi connectivity index (χ0n) is 24.1. The number of amides is 1. The smallest absolute Gasteiger partial charge is 0.250 e. The van der Waals surface area contributed by atoms with Crippen LogP contribution in [0.1, 0.15) is 36.0 Å². The monoisotopic (exact) mass is 613 g/mol. The van der Waals surface area contributed by atoms with Crippen molar-refractivity contribution >= 4 is 28.8 Å². The lowest BCUT2D eigenvalue weighted by atomic mass is 9.96. The standard InChI is InChI=1S/C34H30F3N5O3/c35-29-8-7-24(19-39-29)28-17-25(22-3-5-23(6-4-22)33(44)42-13-11-34(36,37)12-14-42)15-26-16-27(45-32(26)28)20-41-31(43)10-2-21-1-9-30(38)40-18-21/h1-10,15-19,33,44H,11-14,20H2,(H2,38,40)(H,41,43)/b10-2+. The highest BCUT2D eigenvalue weighted by Crippen LogP contribution is 2.37. The van der Waals surface area contributed by atoms with Gasteiger partial charge in [-0.1, -0.05) is 24.3 Å². The Morgan fingerprint density at radius 2 is 1.76 bits per heavy atom. The average molecular weight is 614 g/mol. The van der Waals surface area contributed by atoms with Crippen molar-refractivity contribution in [3.63, 3.8) is 0 Å². The van der Waals surface area contributed by atoms with Gasteiger partial charge in [0.2, 0.25) is 11.9 Å². The fourth-order valence-electron chi connectivity index (χ4n) is 5.28. The number of anilines is 1. The van der Waals surface area contributed by atoms with Crippen molar-refractivity contribution in [2.75, 3.05) is 18.8 Å². The van der Waals surface area contributed by atoms with Gasteiger partial charge in [-0.2, -0.15) is 4.39 Å². The number of carbonyl (C=O) groups excluding carboxylic acids is 1. The molecule has 1 fully saturated rings. The molecule has 4 N–H and O–H groups in total. The van der Waals surface area contributed by atoms with Crippen LogP contribution in [-0.2, 0) is 11.3 Å². The van der Waals surface area contributed by atoms with Crippen LogP contribution in [0.15, 0.2) is 89.6 Å². The van der Waals surface area contributed by atoms with Crippen LogP contribution in [0.2, 0.25) is 0 Å². The number of nitrogens with zero attached hydrogens (tertiary/aromatic N) is 3. The lowest BCUT2D eigenvalue weighted by Gasteiger charge is -2.35. The maximum atomic E-state index is 13.7. The van der Waals surface area contributed by atoms with E-state index in [-0.39, 0.29) is 38.4 Å². The van der Waals surface area contributed by atoms with Crippen LogP contribution < -0.4 is 11.1 Å². The summed E-state index contributed by atoms with van der Waals surface area (Å²) in [4.78, 5) is 21.9. The quantitative estimate of drug-likeness (QED) is 0.138. The van der Waals surface area contributed by atoms with E-state index in [0.29, 0.717) is 33.9 Å². The summed E-state index contributed by atoms with van der Waals surface area (Å²) in [6.07, 6.45) is 4.47. The number of hydrogen-bond donors (Lipinski definition) is 3. The van der Waals surface area contributed by atoms with Gasteiger partial charge in [0.15, 0.2) is 0 Å². The number of aliphatic hydroxyl groups excluding tert-OH is 1. The summed E-state index contributed by atoms with van der Waals surface area (Å²) in [5.74, 6) is -2.72. The highest BCUT2D eigenvalue weighted by molar-refractivity contribution is 5.97. The van der Waals surface area contributed by atoms with E-state index >= 15 is 0 Å². The number of likely N-dealkylation sites (tertiary alicyclic amines) is 1. The minimum Gasteiger partial charge on any atom is -0.459 e. The minimum atomic E-state index is -2.69. The van der Waals surface area contributed by atoms with Crippen LogP contribution in [0.3, 0.4) is 0 Å². The molecule has 4 heterocycles. The van der Waals surface area contributed by atoms with Crippen LogP contribution in [0.25, 0.3) is 39.3 Å². The van der Waals surface area contributed by atoms with Gasteiger partial charge in [-0.25, -0.2) is 18.7 Å². The fraction of sp³-hybridized carbons (Fsp3) is 0.206. The number of aromatic nitrogens is 2. The SMILES string of the molecule is Nc1ccc(/C=C/C(=O)NCc2cc3cc(-c4ccc(C(O)N5CCC(F)(F)CC5)cc4)cc(-c4ccc(F)nc4)c3o2)cn1. The third kappa shape index (κ3) is 7.05. The van der Waals surface area contributed by atoms with Crippen molar-refractivity contribution in [3.8, 4) is 22.3 Å². The number of alkyl halides is 2. The van der Waals surface area contributed by atoms with Crippen molar-refractivity contribution < 1.29 is 27.5 Å². The molecule has 1 unspecified atom stereocenters. The minimum absolute atomic E-state index is 0.112. The second-order valence-electron chi connectivity index (χ2n) is 11.0. The Bertz CT molecular complexity index is 1830. The number of halogens is 3. The molecular formula is C34H30F3N5O3. The summed E-state index contributed by atoms with van der Waals surface area (Å²) in [6, 6.07) is 19.2. The molecule has 6 rings (SSSR count). The first-order valence-electron chi connectivity index (χ1n) is 14.4. The lowest BCUT2D eigenvalue weighted by molar-refractivity contribution is -0.116. The summed E-state index contributed by atoms with van der Waals surface area (Å²) in [5, 5.41) is 14.4. The molecular weight excluding hydrogens is 583 g/mol. The van der Waals surface area contributed by atoms with Crippen molar-refractivity contribution in [2.24, 2.45) is 0 Å². The Kier molecular flexibility index (Phi) is 8.38. The molecule has 11 heteroatoms. The van der Waals surface area contributed by atoms with E-state index < -0.39 is 18.1 Å². The topological polar surface area (TPSA) is 118 Å². The number of carbonyl (C=O) groups is 1. The average Bonchev–Trinajstić information content (AvgIpc) is 3.46. The first-order chi connectivity index (χ1) is 21.6. The molecule has 1 saturated heterocycles. The van der Waals surface area contributed by atoms with Crippen molar-refractivity contribution in [3.05, 3.63) is 108 Å². The molecule has 1 aliphatic rings. The van der Waals surface area contributed by atoms with Gasteiger partial charge in [-0.3, -0.25) is 9.69 Å². The van der Waals surface area contributed by atoms with Gasteiger partial charge in [-0.05, 0) is 70.8 Å². The summed E-state index contributed by atoms with van der Waals surface area (Å²) in [5.41, 5.74) is 10.5. The molecule has 1 amide bonds. The Morgan fingerprint density at radius 3 is 2.44 bits per heavy atom. The molecule has 8 nitrogen and oxygen atoms in total. The van der Waals surface area contributed by atoms with E-state index in [1.807, 2.05) is 30.3 Å². The van der Waals surface area contributed by atoms with Crippen LogP contribution >= 0.6 is 0 Å². The lowest BCUT2D eigenvalue weighted by Crippen LogP contribution is -2.41. The zero-order valence-corrected chi connectivity index (χ0v) is 24.1. The number of furan rings is 1. The molecule has 0 saturated carbocycles. The second-order valence-corrected chi connectivity index (χ2v) is 11.0. The number of piperidine rings is 1. The van der Waals surface area contributed by atoms with E-state index in [9.17, 15) is 23.1 Å². The Morgan fingerprint density at radius 1 is 1.00 bits per heavy atom. The van der Waals surface area contributed by atoms with Crippen molar-refractivity contribution in [2.45, 2.75) is 31.5 Å². The number of benzene rings is 2. The molecule has 0 bridgehead atoms. The number of hydrogen-bond acceptors (Lipinski definition) is 7. The summed E-state index contributed by atoms with van der Waals surface area (Å²) >= 11 is 0. The number of nitrogens with two attached hydrogens (primary N) is 1. The number of pyridine rings is 2. The number of fused-ring (bicyclic) bond motifs is 1. The Balaban J connectivity index is 1.24. The third-order valence-electron chi connectivity index (χ3n) is 7.80. The highest BCUT2D eigenvalue weighted by Gasteiger charge is 2.36. The second kappa shape index (κ2) is 12.5. The van der Waals surface area contributed by atoms with E-state index in [1.54, 1.807) is 47.5 Å². The number of nitrogens with one attached hydrogen (secondary N) is 1. The van der Waals surface area contributed by atoms with E-state index in [1.165, 1.54) is 18.3 Å². The zero-order chi connectivity index (χ0) is 31.6. The van der Waals surface area contributed by atoms with Gasteiger partial charge in [0.1, 0.15) is 23.4 Å². The fourth-order valence-corrected chi connectivity index (χ4v) is 5.28. The van der Waals surface area contributed by atoms with Gasteiger partial charge in [-0.15, -0.1) is 0 Å². The van der Waals surface area contributed by atoms with Gasteiger partial charge in [0, 0.05) is 60.9 Å². The first kappa shape index (κ1) is 30.0. The maximum absolute atomic E-state index is 13.7. The molecule has 1 aliphatic heterocycles. The van der Waals surface area contributed by atoms with Gasteiger partial charge < -0.3 is 20.6 Å². The number of nitrogen functional groups attached to an aromatic ring is 1. The highest BCUT2D eigenvalue weighted by atomic mass is 19.3. The summed E-state index contributed by atoms with van der Waals surface area (Å²) in [6.45, 7) is 0.353. The van der Waals surface area contributed by atoms with Crippen LogP contribution in [0.5, 0.6) is 0 Å². The molecule has 3 aromatic heterocycles. The molecule has 0 aliphatic carbocycles. The van der Waals surface area contributed by atoms with Gasteiger partial charge >= 0.3 is 0 Å². The number of rotatable bonds is 8. The molecule has 230 valence electrons. The van der Waals surface area contributed by atoms with Crippen LogP contribution in [0.4, 0.5) is 19.0 Å². The van der Waals surface area contributed by atoms with Gasteiger partial charge in [0.25, 0.3) is 5.92 Å². The predicted octanol–water partition coefficient (Wildman–Crippen LogP) is 6.33. The molecule has 1 atom stereocenters. The Hall–Kier alpha value is -5.00. The van der Waals surface area contributed by atoms with Crippen LogP contribution in [0, 0.1) is 5.95 Å². The van der Waals surface area contributed by atoms with E-state index in [0.717, 1.165) is 22.1 Å². The van der Waals surface area contributed by atoms with Crippen LogP contribution in [-0.4, -0.2) is 44.9 Å². The largest absolute Gasteiger partial charge is 0.459 e. The van der Waals surface area contributed by atoms with E-state index in [2.05, 4.69) is 15.3 Å².